The maximum absolute atomic E-state index is 12.5. The zero-order chi connectivity index (χ0) is 20.4. The third-order valence-corrected chi connectivity index (χ3v) is 6.78. The lowest BCUT2D eigenvalue weighted by Gasteiger charge is -2.32. The Kier molecular flexibility index (Phi) is 5.73. The summed E-state index contributed by atoms with van der Waals surface area (Å²) in [6, 6.07) is 3.90. The number of H-pyrrole nitrogens is 1. The predicted molar refractivity (Wildman–Crippen MR) is 113 cm³/mol. The minimum Gasteiger partial charge on any atom is -0.331 e. The highest BCUT2D eigenvalue weighted by atomic mass is 32.1. The molecule has 3 aromatic rings. The predicted octanol–water partition coefficient (Wildman–Crippen LogP) is 0.856. The third kappa shape index (κ3) is 4.38. The van der Waals surface area contributed by atoms with Crippen LogP contribution < -0.4 is 10.5 Å². The Morgan fingerprint density at radius 1 is 1.31 bits per heavy atom. The van der Waals surface area contributed by atoms with Crippen molar-refractivity contribution in [2.75, 3.05) is 26.2 Å². The van der Waals surface area contributed by atoms with Crippen LogP contribution in [0.1, 0.15) is 28.2 Å². The van der Waals surface area contributed by atoms with Crippen molar-refractivity contribution >= 4 is 27.5 Å². The lowest BCUT2D eigenvalue weighted by molar-refractivity contribution is -0.918. The second-order valence-electron chi connectivity index (χ2n) is 7.64. The molecule has 0 bridgehead atoms. The van der Waals surface area contributed by atoms with Crippen LogP contribution in [-0.4, -0.2) is 51.9 Å². The van der Waals surface area contributed by atoms with Crippen molar-refractivity contribution in [1.82, 2.24) is 19.9 Å². The second-order valence-corrected chi connectivity index (χ2v) is 8.85. The van der Waals surface area contributed by atoms with Gasteiger partial charge in [0.2, 0.25) is 5.91 Å². The zero-order valence-corrected chi connectivity index (χ0v) is 17.6. The number of fused-ring (bicyclic) bond motifs is 1. The van der Waals surface area contributed by atoms with E-state index in [1.807, 2.05) is 37.1 Å². The summed E-state index contributed by atoms with van der Waals surface area (Å²) >= 11 is 1.58. The quantitative estimate of drug-likeness (QED) is 0.651. The molecule has 0 saturated carbocycles. The number of nitrogens with zero attached hydrogens (tertiary/aromatic N) is 3. The van der Waals surface area contributed by atoms with E-state index >= 15 is 0 Å². The molecular weight excluding hydrogens is 386 g/mol. The number of amides is 1. The largest absolute Gasteiger partial charge is 0.331 e. The van der Waals surface area contributed by atoms with Crippen LogP contribution in [0.25, 0.3) is 10.2 Å². The molecule has 4 rings (SSSR count). The van der Waals surface area contributed by atoms with Crippen molar-refractivity contribution in [3.8, 4) is 0 Å². The fourth-order valence-electron chi connectivity index (χ4n) is 3.82. The second kappa shape index (κ2) is 8.42. The summed E-state index contributed by atoms with van der Waals surface area (Å²) in [6.45, 7) is 7.89. The van der Waals surface area contributed by atoms with E-state index in [9.17, 15) is 9.59 Å². The van der Waals surface area contributed by atoms with Crippen LogP contribution in [0, 0.1) is 13.8 Å². The van der Waals surface area contributed by atoms with Gasteiger partial charge in [-0.05, 0) is 37.5 Å². The van der Waals surface area contributed by atoms with Gasteiger partial charge in [-0.3, -0.25) is 14.6 Å². The van der Waals surface area contributed by atoms with Gasteiger partial charge in [-0.25, -0.2) is 4.98 Å². The molecule has 0 atom stereocenters. The molecule has 0 unspecified atom stereocenters. The number of carbonyl (C=O) groups excluding carboxylic acids is 1. The number of hydrogen-bond acceptors (Lipinski definition) is 5. The van der Waals surface area contributed by atoms with E-state index in [1.54, 1.807) is 17.5 Å². The van der Waals surface area contributed by atoms with E-state index < -0.39 is 0 Å². The van der Waals surface area contributed by atoms with Crippen LogP contribution >= 0.6 is 11.3 Å². The molecule has 1 aliphatic heterocycles. The minimum absolute atomic E-state index is 0.0459. The number of aromatic amines is 1. The lowest BCUT2D eigenvalue weighted by Crippen LogP contribution is -3.13. The molecule has 2 N–H and O–H groups in total. The van der Waals surface area contributed by atoms with Crippen molar-refractivity contribution in [3.63, 3.8) is 0 Å². The van der Waals surface area contributed by atoms with Crippen LogP contribution in [-0.2, 0) is 17.8 Å². The number of aryl methyl sites for hydroxylation is 3. The summed E-state index contributed by atoms with van der Waals surface area (Å²) in [4.78, 5) is 41.9. The van der Waals surface area contributed by atoms with Crippen molar-refractivity contribution in [1.29, 1.82) is 0 Å². The molecule has 7 nitrogen and oxygen atoms in total. The topological polar surface area (TPSA) is 83.4 Å². The standard InChI is InChI=1S/C21H25N5O2S/c1-14-15(2)29-21-19(14)20(28)23-17(24-21)13-25-8-10-26(11-9-25)18(27)6-5-16-4-3-7-22-12-16/h3-4,7,12H,5-6,8-11,13H2,1-2H3,(H,23,24,28)/p+1. The van der Waals surface area contributed by atoms with E-state index in [1.165, 1.54) is 4.90 Å². The fraction of sp³-hybridized carbons (Fsp3) is 0.429. The summed E-state index contributed by atoms with van der Waals surface area (Å²) in [7, 11) is 0. The molecule has 0 aromatic carbocycles. The maximum atomic E-state index is 12.5. The van der Waals surface area contributed by atoms with Gasteiger partial charge in [0.05, 0.1) is 31.6 Å². The Morgan fingerprint density at radius 2 is 2.10 bits per heavy atom. The molecule has 4 heterocycles. The monoisotopic (exact) mass is 412 g/mol. The average Bonchev–Trinajstić information content (AvgIpc) is 3.01. The Bertz CT molecular complexity index is 1070. The molecule has 1 aliphatic rings. The molecule has 8 heteroatoms. The van der Waals surface area contributed by atoms with Crippen molar-refractivity contribution in [2.45, 2.75) is 33.2 Å². The molecule has 0 radical (unpaired) electrons. The summed E-state index contributed by atoms with van der Waals surface area (Å²) in [5, 5.41) is 0.718. The summed E-state index contributed by atoms with van der Waals surface area (Å²) in [5.74, 6) is 0.931. The Balaban J connectivity index is 1.32. The number of rotatable bonds is 5. The molecule has 1 amide bonds. The van der Waals surface area contributed by atoms with Gasteiger partial charge in [-0.1, -0.05) is 6.07 Å². The third-order valence-electron chi connectivity index (χ3n) is 5.68. The number of carbonyl (C=O) groups is 1. The first-order valence-corrected chi connectivity index (χ1v) is 10.8. The van der Waals surface area contributed by atoms with Gasteiger partial charge in [0.25, 0.3) is 5.56 Å². The number of quaternary nitrogens is 1. The summed E-state index contributed by atoms with van der Waals surface area (Å²) < 4.78 is 0. The van der Waals surface area contributed by atoms with E-state index in [4.69, 9.17) is 0 Å². The first-order valence-electron chi connectivity index (χ1n) is 10.0. The van der Waals surface area contributed by atoms with Crippen LogP contribution in [0.4, 0.5) is 0 Å². The number of hydrogen-bond donors (Lipinski definition) is 2. The fourth-order valence-corrected chi connectivity index (χ4v) is 4.87. The van der Waals surface area contributed by atoms with E-state index in [0.717, 1.165) is 64.6 Å². The van der Waals surface area contributed by atoms with Crippen LogP contribution in [0.5, 0.6) is 0 Å². The van der Waals surface area contributed by atoms with Gasteiger partial charge in [0.1, 0.15) is 11.4 Å². The van der Waals surface area contributed by atoms with Crippen LogP contribution in [0.15, 0.2) is 29.3 Å². The molecule has 0 aliphatic carbocycles. The molecule has 0 spiro atoms. The van der Waals surface area contributed by atoms with Crippen molar-refractivity contribution < 1.29 is 9.69 Å². The average molecular weight is 413 g/mol. The normalized spacial score (nSPS) is 15.2. The van der Waals surface area contributed by atoms with Gasteiger partial charge in [-0.15, -0.1) is 11.3 Å². The number of nitrogens with one attached hydrogen (secondary N) is 2. The first-order chi connectivity index (χ1) is 14.0. The number of pyridine rings is 1. The van der Waals surface area contributed by atoms with E-state index in [0.29, 0.717) is 13.0 Å². The molecule has 1 saturated heterocycles. The number of thiophene rings is 1. The van der Waals surface area contributed by atoms with Crippen LogP contribution in [0.2, 0.25) is 0 Å². The Morgan fingerprint density at radius 3 is 2.83 bits per heavy atom. The van der Waals surface area contributed by atoms with Crippen molar-refractivity contribution in [3.05, 3.63) is 56.7 Å². The highest BCUT2D eigenvalue weighted by Gasteiger charge is 2.24. The van der Waals surface area contributed by atoms with Gasteiger partial charge in [0.15, 0.2) is 5.82 Å². The highest BCUT2D eigenvalue weighted by Crippen LogP contribution is 2.25. The summed E-state index contributed by atoms with van der Waals surface area (Å²) in [5.41, 5.74) is 2.07. The highest BCUT2D eigenvalue weighted by molar-refractivity contribution is 7.18. The molecular formula is C21H26N5O2S+. The van der Waals surface area contributed by atoms with E-state index in [2.05, 4.69) is 15.0 Å². The zero-order valence-electron chi connectivity index (χ0n) is 16.8. The number of piperazine rings is 1. The molecule has 1 fully saturated rings. The smallest absolute Gasteiger partial charge is 0.260 e. The van der Waals surface area contributed by atoms with Gasteiger partial charge < -0.3 is 14.8 Å². The van der Waals surface area contributed by atoms with Gasteiger partial charge in [-0.2, -0.15) is 0 Å². The van der Waals surface area contributed by atoms with Gasteiger partial charge in [0, 0.05) is 23.7 Å². The van der Waals surface area contributed by atoms with E-state index in [-0.39, 0.29) is 11.5 Å². The van der Waals surface area contributed by atoms with Crippen LogP contribution in [0.3, 0.4) is 0 Å². The Labute approximate surface area is 173 Å². The SMILES string of the molecule is Cc1sc2nc(C[NH+]3CCN(C(=O)CCc4cccnc4)CC3)[nH]c(=O)c2c1C. The minimum atomic E-state index is -0.0459. The molecule has 29 heavy (non-hydrogen) atoms. The summed E-state index contributed by atoms with van der Waals surface area (Å²) in [6.07, 6.45) is 4.80. The van der Waals surface area contributed by atoms with Gasteiger partial charge >= 0.3 is 0 Å². The first kappa shape index (κ1) is 19.7. The number of aromatic nitrogens is 3. The molecule has 3 aromatic heterocycles. The molecule has 152 valence electrons. The van der Waals surface area contributed by atoms with Crippen molar-refractivity contribution in [2.24, 2.45) is 0 Å². The Hall–Kier alpha value is -2.58. The maximum Gasteiger partial charge on any atom is 0.260 e. The lowest BCUT2D eigenvalue weighted by atomic mass is 10.1.